The van der Waals surface area contributed by atoms with Gasteiger partial charge < -0.3 is 9.69 Å². The fourth-order valence-electron chi connectivity index (χ4n) is 1.79. The molecule has 0 atom stereocenters. The van der Waals surface area contributed by atoms with Crippen molar-refractivity contribution in [3.05, 3.63) is 0 Å². The van der Waals surface area contributed by atoms with Crippen molar-refractivity contribution in [3.8, 4) is 0 Å². The predicted octanol–water partition coefficient (Wildman–Crippen LogP) is 1.40. The van der Waals surface area contributed by atoms with Crippen LogP contribution < -0.4 is 0 Å². The van der Waals surface area contributed by atoms with Gasteiger partial charge in [0.1, 0.15) is 6.29 Å². The quantitative estimate of drug-likeness (QED) is 0.638. The summed E-state index contributed by atoms with van der Waals surface area (Å²) in [6.45, 7) is 3.58. The molecule has 0 spiro atoms. The Kier molecular flexibility index (Phi) is 2.94. The first-order chi connectivity index (χ1) is 6.35. The van der Waals surface area contributed by atoms with E-state index in [1.165, 1.54) is 30.9 Å². The SMILES string of the molecule is O=CC1(CCN2CCSCC2)CC1. The highest BCUT2D eigenvalue weighted by Gasteiger charge is 2.42. The number of hydrogen-bond acceptors (Lipinski definition) is 3. The molecule has 0 bridgehead atoms. The minimum Gasteiger partial charge on any atom is -0.303 e. The average Bonchev–Trinajstić information content (AvgIpc) is 2.97. The highest BCUT2D eigenvalue weighted by molar-refractivity contribution is 7.99. The van der Waals surface area contributed by atoms with E-state index in [1.807, 2.05) is 11.8 Å². The van der Waals surface area contributed by atoms with Gasteiger partial charge in [0, 0.05) is 30.0 Å². The lowest BCUT2D eigenvalue weighted by Gasteiger charge is -2.26. The molecule has 2 aliphatic rings. The molecule has 0 N–H and O–H groups in total. The first-order valence-electron chi connectivity index (χ1n) is 5.11. The Hall–Kier alpha value is -0.0200. The van der Waals surface area contributed by atoms with E-state index < -0.39 is 0 Å². The maximum Gasteiger partial charge on any atom is 0.126 e. The van der Waals surface area contributed by atoms with Crippen LogP contribution >= 0.6 is 11.8 Å². The number of nitrogens with zero attached hydrogens (tertiary/aromatic N) is 1. The van der Waals surface area contributed by atoms with Gasteiger partial charge in [-0.2, -0.15) is 11.8 Å². The van der Waals surface area contributed by atoms with E-state index in [2.05, 4.69) is 4.90 Å². The van der Waals surface area contributed by atoms with Gasteiger partial charge in [0.05, 0.1) is 0 Å². The molecule has 0 aromatic heterocycles. The van der Waals surface area contributed by atoms with Crippen LogP contribution in [-0.4, -0.2) is 42.3 Å². The average molecular weight is 199 g/mol. The summed E-state index contributed by atoms with van der Waals surface area (Å²) < 4.78 is 0. The zero-order valence-corrected chi connectivity index (χ0v) is 8.81. The van der Waals surface area contributed by atoms with E-state index in [9.17, 15) is 4.79 Å². The summed E-state index contributed by atoms with van der Waals surface area (Å²) in [4.78, 5) is 13.2. The third kappa shape index (κ3) is 2.47. The van der Waals surface area contributed by atoms with Gasteiger partial charge >= 0.3 is 0 Å². The lowest BCUT2D eigenvalue weighted by Crippen LogP contribution is -2.34. The van der Waals surface area contributed by atoms with E-state index >= 15 is 0 Å². The van der Waals surface area contributed by atoms with Crippen molar-refractivity contribution in [3.63, 3.8) is 0 Å². The maximum absolute atomic E-state index is 10.7. The van der Waals surface area contributed by atoms with Crippen LogP contribution in [0, 0.1) is 5.41 Å². The van der Waals surface area contributed by atoms with Gasteiger partial charge in [0.25, 0.3) is 0 Å². The van der Waals surface area contributed by atoms with Gasteiger partial charge in [-0.1, -0.05) is 0 Å². The molecule has 0 unspecified atom stereocenters. The van der Waals surface area contributed by atoms with E-state index in [0.717, 1.165) is 25.8 Å². The second-order valence-electron chi connectivity index (χ2n) is 4.18. The maximum atomic E-state index is 10.7. The van der Waals surface area contributed by atoms with E-state index in [4.69, 9.17) is 0 Å². The number of hydrogen-bond donors (Lipinski definition) is 0. The first-order valence-corrected chi connectivity index (χ1v) is 6.27. The fourth-order valence-corrected chi connectivity index (χ4v) is 2.77. The van der Waals surface area contributed by atoms with Crippen molar-refractivity contribution in [2.75, 3.05) is 31.1 Å². The van der Waals surface area contributed by atoms with Crippen LogP contribution in [0.3, 0.4) is 0 Å². The molecule has 74 valence electrons. The van der Waals surface area contributed by atoms with Crippen LogP contribution in [0.2, 0.25) is 0 Å². The summed E-state index contributed by atoms with van der Waals surface area (Å²) in [6.07, 6.45) is 4.56. The van der Waals surface area contributed by atoms with Crippen molar-refractivity contribution in [2.45, 2.75) is 19.3 Å². The van der Waals surface area contributed by atoms with Gasteiger partial charge in [0.2, 0.25) is 0 Å². The molecule has 2 fully saturated rings. The normalized spacial score (nSPS) is 27.1. The molecule has 3 heteroatoms. The Morgan fingerprint density at radius 3 is 2.54 bits per heavy atom. The van der Waals surface area contributed by atoms with E-state index in [1.54, 1.807) is 0 Å². The zero-order valence-electron chi connectivity index (χ0n) is 8.00. The van der Waals surface area contributed by atoms with Crippen LogP contribution in [-0.2, 0) is 4.79 Å². The molecular weight excluding hydrogens is 182 g/mol. The molecule has 1 aliphatic heterocycles. The molecule has 2 nitrogen and oxygen atoms in total. The monoisotopic (exact) mass is 199 g/mol. The zero-order chi connectivity index (χ0) is 9.15. The van der Waals surface area contributed by atoms with Gasteiger partial charge in [-0.15, -0.1) is 0 Å². The van der Waals surface area contributed by atoms with Crippen molar-refractivity contribution in [2.24, 2.45) is 5.41 Å². The minimum atomic E-state index is 0.116. The second-order valence-corrected chi connectivity index (χ2v) is 5.41. The van der Waals surface area contributed by atoms with E-state index in [-0.39, 0.29) is 5.41 Å². The second kappa shape index (κ2) is 4.01. The van der Waals surface area contributed by atoms with Crippen LogP contribution in [0.15, 0.2) is 0 Å². The number of rotatable bonds is 4. The molecule has 1 aliphatic carbocycles. The van der Waals surface area contributed by atoms with Crippen LogP contribution in [0.4, 0.5) is 0 Å². The lowest BCUT2D eigenvalue weighted by atomic mass is 10.1. The molecule has 0 amide bonds. The third-order valence-electron chi connectivity index (χ3n) is 3.17. The molecule has 1 heterocycles. The van der Waals surface area contributed by atoms with Gasteiger partial charge in [-0.25, -0.2) is 0 Å². The summed E-state index contributed by atoms with van der Waals surface area (Å²) in [7, 11) is 0. The van der Waals surface area contributed by atoms with Gasteiger partial charge in [-0.05, 0) is 25.8 Å². The Labute approximate surface area is 84.1 Å². The highest BCUT2D eigenvalue weighted by atomic mass is 32.2. The number of carbonyl (C=O) groups is 1. The Bertz CT molecular complexity index is 185. The van der Waals surface area contributed by atoms with Crippen LogP contribution in [0.5, 0.6) is 0 Å². The summed E-state index contributed by atoms with van der Waals surface area (Å²) >= 11 is 2.04. The highest BCUT2D eigenvalue weighted by Crippen LogP contribution is 2.46. The molecule has 0 aromatic rings. The number of aldehydes is 1. The van der Waals surface area contributed by atoms with Crippen LogP contribution in [0.1, 0.15) is 19.3 Å². The number of thioether (sulfide) groups is 1. The van der Waals surface area contributed by atoms with Crippen molar-refractivity contribution in [1.82, 2.24) is 4.90 Å². The molecule has 1 saturated heterocycles. The Balaban J connectivity index is 1.69. The first kappa shape index (κ1) is 9.53. The largest absolute Gasteiger partial charge is 0.303 e. The third-order valence-corrected chi connectivity index (χ3v) is 4.11. The molecular formula is C10H17NOS. The topological polar surface area (TPSA) is 20.3 Å². The van der Waals surface area contributed by atoms with Crippen molar-refractivity contribution >= 4 is 18.0 Å². The van der Waals surface area contributed by atoms with Crippen LogP contribution in [0.25, 0.3) is 0 Å². The summed E-state index contributed by atoms with van der Waals surface area (Å²) in [5, 5.41) is 0. The lowest BCUT2D eigenvalue weighted by molar-refractivity contribution is -0.112. The predicted molar refractivity (Wildman–Crippen MR) is 56.1 cm³/mol. The Morgan fingerprint density at radius 2 is 2.00 bits per heavy atom. The molecule has 0 aromatic carbocycles. The fraction of sp³-hybridized carbons (Fsp3) is 0.900. The summed E-state index contributed by atoms with van der Waals surface area (Å²) in [5.41, 5.74) is 0.116. The molecule has 2 rings (SSSR count). The molecule has 0 radical (unpaired) electrons. The minimum absolute atomic E-state index is 0.116. The van der Waals surface area contributed by atoms with Crippen molar-refractivity contribution in [1.29, 1.82) is 0 Å². The molecule has 13 heavy (non-hydrogen) atoms. The van der Waals surface area contributed by atoms with Gasteiger partial charge in [-0.3, -0.25) is 0 Å². The van der Waals surface area contributed by atoms with Gasteiger partial charge in [0.15, 0.2) is 0 Å². The number of carbonyl (C=O) groups excluding carboxylic acids is 1. The smallest absolute Gasteiger partial charge is 0.126 e. The van der Waals surface area contributed by atoms with Crippen molar-refractivity contribution < 1.29 is 4.79 Å². The summed E-state index contributed by atoms with van der Waals surface area (Å²) in [5.74, 6) is 2.54. The summed E-state index contributed by atoms with van der Waals surface area (Å²) in [6, 6.07) is 0. The van der Waals surface area contributed by atoms with E-state index in [0.29, 0.717) is 0 Å². The Morgan fingerprint density at radius 1 is 1.31 bits per heavy atom. The standard InChI is InChI=1S/C10H17NOS/c12-9-10(1-2-10)3-4-11-5-7-13-8-6-11/h9H,1-8H2. The molecule has 1 saturated carbocycles.